The molecule has 0 unspecified atom stereocenters. The number of thiazole rings is 1. The van der Waals surface area contributed by atoms with Gasteiger partial charge in [0, 0.05) is 38.0 Å². The summed E-state index contributed by atoms with van der Waals surface area (Å²) in [7, 11) is 0. The van der Waals surface area contributed by atoms with E-state index in [2.05, 4.69) is 15.3 Å². The highest BCUT2D eigenvalue weighted by Gasteiger charge is 2.11. The van der Waals surface area contributed by atoms with Crippen molar-refractivity contribution in [3.8, 4) is 0 Å². The molecule has 0 atom stereocenters. The van der Waals surface area contributed by atoms with Crippen LogP contribution in [-0.4, -0.2) is 42.7 Å². The van der Waals surface area contributed by atoms with Crippen molar-refractivity contribution in [2.24, 2.45) is 5.73 Å². The fourth-order valence-corrected chi connectivity index (χ4v) is 2.65. The fraction of sp³-hybridized carbons (Fsp3) is 0.727. The Morgan fingerprint density at radius 2 is 2.38 bits per heavy atom. The second kappa shape index (κ2) is 6.30. The standard InChI is InChI=1S/C11H19N3OS/c12-3-2-11-13-10(9-16-11)8-14-4-1-6-15-7-5-14/h9H,1-8,12H2. The molecule has 0 spiro atoms. The second-order valence-corrected chi connectivity index (χ2v) is 4.96. The zero-order valence-corrected chi connectivity index (χ0v) is 10.3. The number of hydrogen-bond acceptors (Lipinski definition) is 5. The van der Waals surface area contributed by atoms with Gasteiger partial charge in [0.2, 0.25) is 0 Å². The van der Waals surface area contributed by atoms with Crippen LogP contribution in [0.4, 0.5) is 0 Å². The molecule has 4 nitrogen and oxygen atoms in total. The van der Waals surface area contributed by atoms with Crippen molar-refractivity contribution in [1.82, 2.24) is 9.88 Å². The largest absolute Gasteiger partial charge is 0.380 e. The lowest BCUT2D eigenvalue weighted by Gasteiger charge is -2.17. The highest BCUT2D eigenvalue weighted by atomic mass is 32.1. The Morgan fingerprint density at radius 3 is 3.25 bits per heavy atom. The molecule has 0 radical (unpaired) electrons. The van der Waals surface area contributed by atoms with Crippen LogP contribution in [0.3, 0.4) is 0 Å². The number of aromatic nitrogens is 1. The Bertz CT molecular complexity index is 308. The third-order valence-corrected chi connectivity index (χ3v) is 3.62. The summed E-state index contributed by atoms with van der Waals surface area (Å²) in [6.45, 7) is 5.51. The molecular formula is C11H19N3OS. The molecule has 2 rings (SSSR count). The van der Waals surface area contributed by atoms with Gasteiger partial charge in [-0.05, 0) is 13.0 Å². The maximum absolute atomic E-state index is 5.51. The van der Waals surface area contributed by atoms with Crippen molar-refractivity contribution in [1.29, 1.82) is 0 Å². The number of nitrogens with two attached hydrogens (primary N) is 1. The van der Waals surface area contributed by atoms with E-state index in [0.717, 1.165) is 50.7 Å². The summed E-state index contributed by atoms with van der Waals surface area (Å²) in [5, 5.41) is 3.31. The van der Waals surface area contributed by atoms with Crippen LogP contribution in [0.25, 0.3) is 0 Å². The first-order chi connectivity index (χ1) is 7.88. The van der Waals surface area contributed by atoms with Crippen molar-refractivity contribution in [3.05, 3.63) is 16.1 Å². The molecule has 1 saturated heterocycles. The van der Waals surface area contributed by atoms with Crippen molar-refractivity contribution in [2.45, 2.75) is 19.4 Å². The summed E-state index contributed by atoms with van der Waals surface area (Å²) in [5.41, 5.74) is 6.69. The molecule has 1 aromatic heterocycles. The van der Waals surface area contributed by atoms with Crippen LogP contribution >= 0.6 is 11.3 Å². The summed E-state index contributed by atoms with van der Waals surface area (Å²) in [4.78, 5) is 6.99. The van der Waals surface area contributed by atoms with E-state index in [-0.39, 0.29) is 0 Å². The van der Waals surface area contributed by atoms with Crippen molar-refractivity contribution >= 4 is 11.3 Å². The Morgan fingerprint density at radius 1 is 1.44 bits per heavy atom. The minimum Gasteiger partial charge on any atom is -0.380 e. The van der Waals surface area contributed by atoms with E-state index in [0.29, 0.717) is 6.54 Å². The van der Waals surface area contributed by atoms with E-state index in [1.165, 1.54) is 5.69 Å². The zero-order valence-electron chi connectivity index (χ0n) is 9.52. The Labute approximate surface area is 100 Å². The Balaban J connectivity index is 1.86. The Kier molecular flexibility index (Phi) is 4.71. The normalized spacial score (nSPS) is 18.6. The van der Waals surface area contributed by atoms with Crippen LogP contribution in [0, 0.1) is 0 Å². The highest BCUT2D eigenvalue weighted by molar-refractivity contribution is 7.09. The summed E-state index contributed by atoms with van der Waals surface area (Å²) in [6.07, 6.45) is 2.02. The lowest BCUT2D eigenvalue weighted by Crippen LogP contribution is -2.25. The number of rotatable bonds is 4. The van der Waals surface area contributed by atoms with E-state index in [1.54, 1.807) is 11.3 Å². The van der Waals surface area contributed by atoms with Crippen LogP contribution in [0.2, 0.25) is 0 Å². The Hall–Kier alpha value is -0.490. The first kappa shape index (κ1) is 12.0. The maximum atomic E-state index is 5.51. The molecule has 1 aromatic rings. The van der Waals surface area contributed by atoms with Crippen LogP contribution in [-0.2, 0) is 17.7 Å². The van der Waals surface area contributed by atoms with Crippen LogP contribution in [0.15, 0.2) is 5.38 Å². The average Bonchev–Trinajstić information content (AvgIpc) is 2.56. The molecule has 0 aromatic carbocycles. The van der Waals surface area contributed by atoms with Gasteiger partial charge in [-0.2, -0.15) is 0 Å². The molecule has 2 N–H and O–H groups in total. The van der Waals surface area contributed by atoms with Gasteiger partial charge in [-0.25, -0.2) is 4.98 Å². The van der Waals surface area contributed by atoms with Gasteiger partial charge in [-0.15, -0.1) is 11.3 Å². The minimum absolute atomic E-state index is 0.685. The topological polar surface area (TPSA) is 51.4 Å². The van der Waals surface area contributed by atoms with Gasteiger partial charge in [0.1, 0.15) is 0 Å². The quantitative estimate of drug-likeness (QED) is 0.849. The molecule has 0 saturated carbocycles. The average molecular weight is 241 g/mol. The lowest BCUT2D eigenvalue weighted by molar-refractivity contribution is 0.140. The predicted molar refractivity (Wildman–Crippen MR) is 65.6 cm³/mol. The van der Waals surface area contributed by atoms with Gasteiger partial charge >= 0.3 is 0 Å². The third-order valence-electron chi connectivity index (χ3n) is 2.66. The summed E-state index contributed by atoms with van der Waals surface area (Å²) in [5.74, 6) is 0. The molecule has 16 heavy (non-hydrogen) atoms. The van der Waals surface area contributed by atoms with Gasteiger partial charge in [-0.1, -0.05) is 0 Å². The van der Waals surface area contributed by atoms with Gasteiger partial charge in [0.15, 0.2) is 0 Å². The molecule has 90 valence electrons. The van der Waals surface area contributed by atoms with Gasteiger partial charge in [0.05, 0.1) is 17.3 Å². The third kappa shape index (κ3) is 3.52. The van der Waals surface area contributed by atoms with Gasteiger partial charge in [0.25, 0.3) is 0 Å². The minimum atomic E-state index is 0.685. The highest BCUT2D eigenvalue weighted by Crippen LogP contribution is 2.13. The van der Waals surface area contributed by atoms with E-state index < -0.39 is 0 Å². The first-order valence-electron chi connectivity index (χ1n) is 5.82. The summed E-state index contributed by atoms with van der Waals surface area (Å²) >= 11 is 1.72. The smallest absolute Gasteiger partial charge is 0.0941 e. The molecule has 2 heterocycles. The second-order valence-electron chi connectivity index (χ2n) is 4.01. The zero-order chi connectivity index (χ0) is 11.2. The molecular weight excluding hydrogens is 222 g/mol. The van der Waals surface area contributed by atoms with Crippen LogP contribution in [0.1, 0.15) is 17.1 Å². The van der Waals surface area contributed by atoms with Crippen molar-refractivity contribution in [3.63, 3.8) is 0 Å². The van der Waals surface area contributed by atoms with E-state index >= 15 is 0 Å². The maximum Gasteiger partial charge on any atom is 0.0941 e. The van der Waals surface area contributed by atoms with Crippen LogP contribution < -0.4 is 5.73 Å². The molecule has 1 aliphatic heterocycles. The lowest BCUT2D eigenvalue weighted by atomic mass is 10.3. The first-order valence-corrected chi connectivity index (χ1v) is 6.70. The SMILES string of the molecule is NCCc1nc(CN2CCCOCC2)cs1. The molecule has 1 fully saturated rings. The number of hydrogen-bond donors (Lipinski definition) is 1. The van der Waals surface area contributed by atoms with E-state index in [1.807, 2.05) is 0 Å². The molecule has 1 aliphatic rings. The molecule has 0 amide bonds. The molecule has 0 bridgehead atoms. The summed E-state index contributed by atoms with van der Waals surface area (Å²) < 4.78 is 5.43. The fourth-order valence-electron chi connectivity index (χ4n) is 1.84. The predicted octanol–water partition coefficient (Wildman–Crippen LogP) is 0.867. The van der Waals surface area contributed by atoms with E-state index in [9.17, 15) is 0 Å². The van der Waals surface area contributed by atoms with Crippen molar-refractivity contribution < 1.29 is 4.74 Å². The molecule has 0 aliphatic carbocycles. The van der Waals surface area contributed by atoms with Crippen LogP contribution in [0.5, 0.6) is 0 Å². The molecule has 5 heteroatoms. The van der Waals surface area contributed by atoms with E-state index in [4.69, 9.17) is 10.5 Å². The monoisotopic (exact) mass is 241 g/mol. The number of ether oxygens (including phenoxy) is 1. The van der Waals surface area contributed by atoms with Gasteiger partial charge in [-0.3, -0.25) is 4.90 Å². The van der Waals surface area contributed by atoms with Gasteiger partial charge < -0.3 is 10.5 Å². The number of nitrogens with zero attached hydrogens (tertiary/aromatic N) is 2. The summed E-state index contributed by atoms with van der Waals surface area (Å²) in [6, 6.07) is 0. The van der Waals surface area contributed by atoms with Crippen molar-refractivity contribution in [2.75, 3.05) is 32.8 Å².